The fraction of sp³-hybridized carbons (Fsp3) is 0.375. The standard InChI is InChI=1S/C4H4N2.C4H8O3/c1-2-5-4-6-3-1;5-3-1-2-4(6)7/h1-4H;5H,1-3H2,(H,6,7). The fourth-order valence-electron chi connectivity index (χ4n) is 0.484. The van der Waals surface area contributed by atoms with Gasteiger partial charge in [0.15, 0.2) is 0 Å². The van der Waals surface area contributed by atoms with Crippen LogP contribution >= 0.6 is 0 Å². The number of carboxylic acids is 1. The Morgan fingerprint density at radius 1 is 1.31 bits per heavy atom. The van der Waals surface area contributed by atoms with Crippen molar-refractivity contribution in [2.75, 3.05) is 6.61 Å². The number of carboxylic acid groups (broad SMARTS) is 1. The Balaban J connectivity index is 0.000000223. The van der Waals surface area contributed by atoms with Crippen LogP contribution in [-0.4, -0.2) is 32.8 Å². The van der Waals surface area contributed by atoms with Gasteiger partial charge in [-0.25, -0.2) is 9.97 Å². The van der Waals surface area contributed by atoms with Crippen molar-refractivity contribution in [3.63, 3.8) is 0 Å². The molecule has 5 heteroatoms. The molecule has 0 fully saturated rings. The first-order valence-electron chi connectivity index (χ1n) is 3.80. The lowest BCUT2D eigenvalue weighted by molar-refractivity contribution is -0.137. The molecule has 1 rings (SSSR count). The van der Waals surface area contributed by atoms with E-state index in [4.69, 9.17) is 10.2 Å². The largest absolute Gasteiger partial charge is 0.481 e. The second kappa shape index (κ2) is 8.61. The molecule has 0 radical (unpaired) electrons. The summed E-state index contributed by atoms with van der Waals surface area (Å²) in [5.74, 6) is -0.853. The minimum Gasteiger partial charge on any atom is -0.481 e. The Kier molecular flexibility index (Phi) is 7.62. The van der Waals surface area contributed by atoms with Crippen molar-refractivity contribution in [1.82, 2.24) is 9.97 Å². The van der Waals surface area contributed by atoms with Crippen LogP contribution in [0.15, 0.2) is 24.8 Å². The summed E-state index contributed by atoms with van der Waals surface area (Å²) in [5, 5.41) is 16.0. The van der Waals surface area contributed by atoms with Crippen LogP contribution in [0.1, 0.15) is 12.8 Å². The molecule has 0 aliphatic carbocycles. The minimum absolute atomic E-state index is 0.0354. The smallest absolute Gasteiger partial charge is 0.303 e. The topological polar surface area (TPSA) is 83.3 Å². The Morgan fingerprint density at radius 2 is 1.92 bits per heavy atom. The van der Waals surface area contributed by atoms with Gasteiger partial charge >= 0.3 is 5.97 Å². The van der Waals surface area contributed by atoms with Gasteiger partial charge in [0, 0.05) is 25.4 Å². The molecule has 0 saturated heterocycles. The van der Waals surface area contributed by atoms with E-state index >= 15 is 0 Å². The average Bonchev–Trinajstić information content (AvgIpc) is 2.18. The van der Waals surface area contributed by atoms with Crippen LogP contribution in [0.3, 0.4) is 0 Å². The summed E-state index contributed by atoms with van der Waals surface area (Å²) in [6, 6.07) is 1.78. The molecule has 1 aromatic rings. The van der Waals surface area contributed by atoms with Gasteiger partial charge in [0.2, 0.25) is 0 Å². The number of carbonyl (C=O) groups is 1. The summed E-state index contributed by atoms with van der Waals surface area (Å²) in [7, 11) is 0. The summed E-state index contributed by atoms with van der Waals surface area (Å²) >= 11 is 0. The molecule has 2 N–H and O–H groups in total. The van der Waals surface area contributed by atoms with E-state index in [1.54, 1.807) is 18.5 Å². The molecule has 13 heavy (non-hydrogen) atoms. The van der Waals surface area contributed by atoms with Crippen LogP contribution in [0.2, 0.25) is 0 Å². The summed E-state index contributed by atoms with van der Waals surface area (Å²) in [4.78, 5) is 17.0. The van der Waals surface area contributed by atoms with Crippen LogP contribution < -0.4 is 0 Å². The van der Waals surface area contributed by atoms with Gasteiger partial charge in [-0.05, 0) is 12.5 Å². The molecular formula is C8H12N2O3. The molecule has 1 aromatic heterocycles. The van der Waals surface area contributed by atoms with Gasteiger partial charge in [0.1, 0.15) is 6.33 Å². The fourth-order valence-corrected chi connectivity index (χ4v) is 0.484. The van der Waals surface area contributed by atoms with E-state index in [1.807, 2.05) is 0 Å². The van der Waals surface area contributed by atoms with Crippen LogP contribution in [0.4, 0.5) is 0 Å². The second-order valence-corrected chi connectivity index (χ2v) is 2.13. The SMILES string of the molecule is O=C(O)CCCO.c1cncnc1. The highest BCUT2D eigenvalue weighted by Gasteiger charge is 1.91. The second-order valence-electron chi connectivity index (χ2n) is 2.13. The maximum atomic E-state index is 9.65. The molecule has 0 spiro atoms. The first-order chi connectivity index (χ1) is 6.27. The van der Waals surface area contributed by atoms with E-state index in [-0.39, 0.29) is 13.0 Å². The van der Waals surface area contributed by atoms with Gasteiger partial charge in [-0.1, -0.05) is 0 Å². The first-order valence-corrected chi connectivity index (χ1v) is 3.80. The maximum absolute atomic E-state index is 9.65. The van der Waals surface area contributed by atoms with E-state index in [2.05, 4.69) is 9.97 Å². The molecule has 0 aromatic carbocycles. The van der Waals surface area contributed by atoms with Crippen molar-refractivity contribution in [1.29, 1.82) is 0 Å². The number of aromatic nitrogens is 2. The lowest BCUT2D eigenvalue weighted by Crippen LogP contribution is -1.95. The normalized spacial score (nSPS) is 8.38. The average molecular weight is 184 g/mol. The highest BCUT2D eigenvalue weighted by molar-refractivity contribution is 5.66. The van der Waals surface area contributed by atoms with Crippen LogP contribution in [0.5, 0.6) is 0 Å². The molecule has 72 valence electrons. The third kappa shape index (κ3) is 10.5. The van der Waals surface area contributed by atoms with Crippen LogP contribution in [-0.2, 0) is 4.79 Å². The van der Waals surface area contributed by atoms with Crippen molar-refractivity contribution in [2.24, 2.45) is 0 Å². The van der Waals surface area contributed by atoms with E-state index < -0.39 is 5.97 Å². The summed E-state index contributed by atoms with van der Waals surface area (Å²) < 4.78 is 0. The molecule has 0 atom stereocenters. The van der Waals surface area contributed by atoms with Gasteiger partial charge < -0.3 is 10.2 Å². The van der Waals surface area contributed by atoms with Crippen molar-refractivity contribution in [3.8, 4) is 0 Å². The monoisotopic (exact) mass is 184 g/mol. The van der Waals surface area contributed by atoms with E-state index in [0.29, 0.717) is 6.42 Å². The molecule has 0 aliphatic heterocycles. The third-order valence-electron chi connectivity index (χ3n) is 1.03. The lowest BCUT2D eigenvalue weighted by Gasteiger charge is -1.85. The van der Waals surface area contributed by atoms with Crippen molar-refractivity contribution in [2.45, 2.75) is 12.8 Å². The van der Waals surface area contributed by atoms with E-state index in [1.165, 1.54) is 6.33 Å². The quantitative estimate of drug-likeness (QED) is 0.706. The summed E-state index contributed by atoms with van der Waals surface area (Å²) in [5.41, 5.74) is 0. The Morgan fingerprint density at radius 3 is 2.08 bits per heavy atom. The maximum Gasteiger partial charge on any atom is 0.303 e. The minimum atomic E-state index is -0.853. The van der Waals surface area contributed by atoms with Gasteiger partial charge in [0.25, 0.3) is 0 Å². The Hall–Kier alpha value is -1.49. The molecule has 0 unspecified atom stereocenters. The van der Waals surface area contributed by atoms with Crippen molar-refractivity contribution >= 4 is 5.97 Å². The number of hydrogen-bond acceptors (Lipinski definition) is 4. The lowest BCUT2D eigenvalue weighted by atomic mass is 10.3. The zero-order valence-corrected chi connectivity index (χ0v) is 7.13. The molecule has 0 aliphatic rings. The molecular weight excluding hydrogens is 172 g/mol. The third-order valence-corrected chi connectivity index (χ3v) is 1.03. The van der Waals surface area contributed by atoms with Gasteiger partial charge in [-0.3, -0.25) is 4.79 Å². The molecule has 0 bridgehead atoms. The van der Waals surface area contributed by atoms with Gasteiger partial charge in [0.05, 0.1) is 0 Å². The van der Waals surface area contributed by atoms with E-state index in [9.17, 15) is 4.79 Å². The molecule has 0 saturated carbocycles. The molecule has 0 amide bonds. The summed E-state index contributed by atoms with van der Waals surface area (Å²) in [6.07, 6.45) is 5.30. The van der Waals surface area contributed by atoms with Crippen LogP contribution in [0.25, 0.3) is 0 Å². The number of aliphatic hydroxyl groups excluding tert-OH is 1. The zero-order chi connectivity index (χ0) is 9.94. The predicted molar refractivity (Wildman–Crippen MR) is 46.0 cm³/mol. The van der Waals surface area contributed by atoms with Gasteiger partial charge in [-0.2, -0.15) is 0 Å². The Bertz CT molecular complexity index is 189. The van der Waals surface area contributed by atoms with E-state index in [0.717, 1.165) is 0 Å². The zero-order valence-electron chi connectivity index (χ0n) is 7.13. The first kappa shape index (κ1) is 11.5. The number of rotatable bonds is 3. The number of hydrogen-bond donors (Lipinski definition) is 2. The summed E-state index contributed by atoms with van der Waals surface area (Å²) in [6.45, 7) is -0.0354. The number of aliphatic hydroxyl groups is 1. The Labute approximate surface area is 76.1 Å². The number of nitrogens with zero attached hydrogens (tertiary/aromatic N) is 2. The highest BCUT2D eigenvalue weighted by Crippen LogP contribution is 1.83. The van der Waals surface area contributed by atoms with Crippen molar-refractivity contribution < 1.29 is 15.0 Å². The molecule has 5 nitrogen and oxygen atoms in total. The van der Waals surface area contributed by atoms with Crippen molar-refractivity contribution in [3.05, 3.63) is 24.8 Å². The number of aliphatic carboxylic acids is 1. The molecule has 1 heterocycles. The van der Waals surface area contributed by atoms with Crippen LogP contribution in [0, 0.1) is 0 Å². The van der Waals surface area contributed by atoms with Gasteiger partial charge in [-0.15, -0.1) is 0 Å². The highest BCUT2D eigenvalue weighted by atomic mass is 16.4. The predicted octanol–water partition coefficient (Wildman–Crippen LogP) is 0.320.